The largest absolute Gasteiger partial charge is 0.324 e. The smallest absolute Gasteiger partial charge is 0.246 e. The fraction of sp³-hybridized carbons (Fsp3) is 0.562. The first-order valence-corrected chi connectivity index (χ1v) is 8.53. The van der Waals surface area contributed by atoms with Crippen molar-refractivity contribution in [3.63, 3.8) is 0 Å². The number of rotatable bonds is 4. The van der Waals surface area contributed by atoms with Crippen molar-refractivity contribution in [3.8, 4) is 0 Å². The molecular weight excluding hydrogens is 330 g/mol. The van der Waals surface area contributed by atoms with Crippen molar-refractivity contribution in [3.05, 3.63) is 28.2 Å². The number of hydrogen-bond acceptors (Lipinski definition) is 3. The van der Waals surface area contributed by atoms with Crippen LogP contribution in [0.3, 0.4) is 0 Å². The Morgan fingerprint density at radius 3 is 2.90 bits per heavy atom. The Morgan fingerprint density at radius 1 is 1.38 bits per heavy atom. The highest BCUT2D eigenvalue weighted by atomic mass is 79.9. The third-order valence-electron chi connectivity index (χ3n) is 4.49. The summed E-state index contributed by atoms with van der Waals surface area (Å²) in [6.07, 6.45) is 3.94. The Hall–Kier alpha value is -0.910. The van der Waals surface area contributed by atoms with Crippen LogP contribution in [-0.4, -0.2) is 36.5 Å². The predicted molar refractivity (Wildman–Crippen MR) is 88.4 cm³/mol. The van der Waals surface area contributed by atoms with Gasteiger partial charge in [0.15, 0.2) is 0 Å². The van der Waals surface area contributed by atoms with E-state index in [0.717, 1.165) is 22.3 Å². The van der Waals surface area contributed by atoms with Crippen molar-refractivity contribution in [2.75, 3.05) is 25.0 Å². The molecule has 0 saturated carbocycles. The van der Waals surface area contributed by atoms with Gasteiger partial charge in [-0.2, -0.15) is 0 Å². The molecule has 114 valence electrons. The lowest BCUT2D eigenvalue weighted by molar-refractivity contribution is -0.117. The van der Waals surface area contributed by atoms with E-state index in [9.17, 15) is 4.79 Å². The third kappa shape index (κ3) is 3.15. The van der Waals surface area contributed by atoms with Crippen molar-refractivity contribution in [2.24, 2.45) is 0 Å². The molecule has 5 heteroatoms. The van der Waals surface area contributed by atoms with Gasteiger partial charge in [0.05, 0.1) is 0 Å². The van der Waals surface area contributed by atoms with Crippen LogP contribution in [0.2, 0.25) is 0 Å². The number of benzene rings is 1. The van der Waals surface area contributed by atoms with E-state index in [2.05, 4.69) is 38.4 Å². The van der Waals surface area contributed by atoms with E-state index in [1.807, 2.05) is 18.2 Å². The van der Waals surface area contributed by atoms with Gasteiger partial charge in [0.1, 0.15) is 6.04 Å². The zero-order valence-corrected chi connectivity index (χ0v) is 13.9. The summed E-state index contributed by atoms with van der Waals surface area (Å²) in [5.41, 5.74) is 1.95. The third-order valence-corrected chi connectivity index (χ3v) is 5.18. The number of fused-ring (bicyclic) bond motifs is 1. The topological polar surface area (TPSA) is 44.4 Å². The fourth-order valence-corrected chi connectivity index (χ4v) is 3.84. The monoisotopic (exact) mass is 351 g/mol. The molecule has 0 aromatic heterocycles. The number of halogens is 1. The summed E-state index contributed by atoms with van der Waals surface area (Å²) in [4.78, 5) is 14.7. The Kier molecular flexibility index (Phi) is 4.62. The molecule has 2 aliphatic heterocycles. The summed E-state index contributed by atoms with van der Waals surface area (Å²) in [7, 11) is 0. The van der Waals surface area contributed by atoms with Crippen LogP contribution in [0.1, 0.15) is 37.8 Å². The van der Waals surface area contributed by atoms with Gasteiger partial charge in [-0.3, -0.25) is 9.69 Å². The summed E-state index contributed by atoms with van der Waals surface area (Å²) in [6.45, 7) is 5.44. The van der Waals surface area contributed by atoms with Crippen molar-refractivity contribution in [1.29, 1.82) is 0 Å². The van der Waals surface area contributed by atoms with Crippen LogP contribution in [0.15, 0.2) is 22.7 Å². The second-order valence-electron chi connectivity index (χ2n) is 5.98. The highest BCUT2D eigenvalue weighted by molar-refractivity contribution is 9.10. The fourth-order valence-electron chi connectivity index (χ4n) is 3.25. The first-order valence-electron chi connectivity index (χ1n) is 7.73. The van der Waals surface area contributed by atoms with Crippen LogP contribution in [-0.2, 0) is 4.79 Å². The van der Waals surface area contributed by atoms with E-state index in [1.165, 1.54) is 32.4 Å². The van der Waals surface area contributed by atoms with Crippen molar-refractivity contribution >= 4 is 27.5 Å². The number of piperidine rings is 1. The van der Waals surface area contributed by atoms with Gasteiger partial charge in [-0.15, -0.1) is 0 Å². The van der Waals surface area contributed by atoms with Crippen LogP contribution in [0, 0.1) is 0 Å². The van der Waals surface area contributed by atoms with Crippen LogP contribution in [0.5, 0.6) is 0 Å². The number of carbonyl (C=O) groups is 1. The minimum Gasteiger partial charge on any atom is -0.324 e. The Labute approximate surface area is 134 Å². The predicted octanol–water partition coefficient (Wildman–Crippen LogP) is 2.91. The normalized spacial score (nSPS) is 23.7. The Morgan fingerprint density at radius 2 is 2.14 bits per heavy atom. The highest BCUT2D eigenvalue weighted by Crippen LogP contribution is 2.36. The molecule has 0 bridgehead atoms. The van der Waals surface area contributed by atoms with Crippen LogP contribution in [0.25, 0.3) is 0 Å². The lowest BCUT2D eigenvalue weighted by Gasteiger charge is -2.33. The molecule has 2 unspecified atom stereocenters. The molecule has 2 heterocycles. The average molecular weight is 352 g/mol. The number of likely N-dealkylation sites (tertiary alicyclic amines) is 1. The number of amides is 1. The summed E-state index contributed by atoms with van der Waals surface area (Å²) in [5.74, 6) is 0.0442. The van der Waals surface area contributed by atoms with Gasteiger partial charge < -0.3 is 10.6 Å². The molecule has 1 aromatic carbocycles. The number of nitrogens with zero attached hydrogens (tertiary/aromatic N) is 1. The first kappa shape index (κ1) is 15.0. The number of hydrogen-bond donors (Lipinski definition) is 2. The number of anilines is 1. The molecule has 1 saturated heterocycles. The van der Waals surface area contributed by atoms with Gasteiger partial charge in [0, 0.05) is 28.3 Å². The second kappa shape index (κ2) is 6.46. The van der Waals surface area contributed by atoms with Gasteiger partial charge in [-0.25, -0.2) is 0 Å². The molecule has 3 rings (SSSR count). The maximum absolute atomic E-state index is 12.2. The van der Waals surface area contributed by atoms with E-state index in [4.69, 9.17) is 0 Å². The van der Waals surface area contributed by atoms with E-state index in [0.29, 0.717) is 6.04 Å². The molecule has 1 amide bonds. The maximum Gasteiger partial charge on any atom is 0.246 e. The van der Waals surface area contributed by atoms with E-state index < -0.39 is 0 Å². The van der Waals surface area contributed by atoms with Gasteiger partial charge in [-0.1, -0.05) is 28.4 Å². The molecule has 1 aromatic rings. The summed E-state index contributed by atoms with van der Waals surface area (Å²) >= 11 is 3.56. The van der Waals surface area contributed by atoms with Crippen LogP contribution >= 0.6 is 15.9 Å². The SMILES string of the molecule is CC(CNC1C(=O)Nc2cccc(Br)c21)N1CCCCC1. The van der Waals surface area contributed by atoms with E-state index in [1.54, 1.807) is 0 Å². The lowest BCUT2D eigenvalue weighted by atomic mass is 10.1. The minimum atomic E-state index is -0.247. The van der Waals surface area contributed by atoms with Gasteiger partial charge in [0.2, 0.25) is 5.91 Å². The number of carbonyl (C=O) groups excluding carboxylic acids is 1. The van der Waals surface area contributed by atoms with E-state index >= 15 is 0 Å². The first-order chi connectivity index (χ1) is 10.2. The molecular formula is C16H22BrN3O. The number of nitrogens with one attached hydrogen (secondary N) is 2. The van der Waals surface area contributed by atoms with Gasteiger partial charge in [0.25, 0.3) is 0 Å². The van der Waals surface area contributed by atoms with Gasteiger partial charge in [-0.05, 0) is 45.0 Å². The average Bonchev–Trinajstić information content (AvgIpc) is 2.82. The molecule has 4 nitrogen and oxygen atoms in total. The summed E-state index contributed by atoms with van der Waals surface area (Å²) in [5, 5.41) is 6.39. The molecule has 2 atom stereocenters. The summed E-state index contributed by atoms with van der Waals surface area (Å²) < 4.78 is 0.987. The standard InChI is InChI=1S/C16H22BrN3O/c1-11(20-8-3-2-4-9-20)10-18-15-14-12(17)6-5-7-13(14)19-16(15)21/h5-7,11,15,18H,2-4,8-10H2,1H3,(H,19,21). The molecule has 0 aliphatic carbocycles. The van der Waals surface area contributed by atoms with E-state index in [-0.39, 0.29) is 11.9 Å². The summed E-state index contributed by atoms with van der Waals surface area (Å²) in [6, 6.07) is 6.10. The Balaban J connectivity index is 1.64. The van der Waals surface area contributed by atoms with Crippen molar-refractivity contribution in [1.82, 2.24) is 10.2 Å². The van der Waals surface area contributed by atoms with Gasteiger partial charge >= 0.3 is 0 Å². The molecule has 2 aliphatic rings. The van der Waals surface area contributed by atoms with Crippen molar-refractivity contribution < 1.29 is 4.79 Å². The molecule has 1 fully saturated rings. The quantitative estimate of drug-likeness (QED) is 0.876. The second-order valence-corrected chi connectivity index (χ2v) is 6.83. The van der Waals surface area contributed by atoms with Crippen LogP contribution in [0.4, 0.5) is 5.69 Å². The van der Waals surface area contributed by atoms with Crippen molar-refractivity contribution in [2.45, 2.75) is 38.3 Å². The molecule has 0 radical (unpaired) electrons. The molecule has 0 spiro atoms. The zero-order valence-electron chi connectivity index (χ0n) is 12.4. The Bertz CT molecular complexity index is 528. The zero-order chi connectivity index (χ0) is 14.8. The highest BCUT2D eigenvalue weighted by Gasteiger charge is 2.32. The molecule has 2 N–H and O–H groups in total. The minimum absolute atomic E-state index is 0.0442. The molecule has 21 heavy (non-hydrogen) atoms. The maximum atomic E-state index is 12.2. The lowest BCUT2D eigenvalue weighted by Crippen LogP contribution is -2.44. The van der Waals surface area contributed by atoms with Crippen LogP contribution < -0.4 is 10.6 Å².